The van der Waals surface area contributed by atoms with E-state index in [9.17, 15) is 0 Å². The van der Waals surface area contributed by atoms with E-state index in [-0.39, 0.29) is 0 Å². The summed E-state index contributed by atoms with van der Waals surface area (Å²) >= 11 is 4.00. The van der Waals surface area contributed by atoms with Crippen molar-refractivity contribution in [1.29, 1.82) is 0 Å². The highest BCUT2D eigenvalue weighted by Crippen LogP contribution is 2.54. The van der Waals surface area contributed by atoms with Gasteiger partial charge in [-0.1, -0.05) is 41.6 Å². The molecule has 0 saturated heterocycles. The van der Waals surface area contributed by atoms with Gasteiger partial charge in [0.1, 0.15) is 0 Å². The third-order valence-electron chi connectivity index (χ3n) is 4.86. The van der Waals surface area contributed by atoms with E-state index in [2.05, 4.69) is 15.9 Å². The van der Waals surface area contributed by atoms with Crippen LogP contribution >= 0.6 is 15.9 Å². The van der Waals surface area contributed by atoms with Crippen molar-refractivity contribution >= 4 is 15.9 Å². The van der Waals surface area contributed by atoms with E-state index in [0.29, 0.717) is 0 Å². The van der Waals surface area contributed by atoms with Crippen LogP contribution < -0.4 is 0 Å². The van der Waals surface area contributed by atoms with Gasteiger partial charge in [0.2, 0.25) is 0 Å². The minimum Gasteiger partial charge on any atom is -0.0884 e. The number of fused-ring (bicyclic) bond motifs is 2. The van der Waals surface area contributed by atoms with Crippen molar-refractivity contribution in [2.75, 3.05) is 0 Å². The van der Waals surface area contributed by atoms with Gasteiger partial charge >= 0.3 is 0 Å². The fraction of sp³-hybridized carbons (Fsp3) is 1.00. The Balaban J connectivity index is 1.82. The zero-order valence-corrected chi connectivity index (χ0v) is 9.80. The van der Waals surface area contributed by atoms with Gasteiger partial charge in [0.25, 0.3) is 0 Å². The molecule has 0 bridgehead atoms. The van der Waals surface area contributed by atoms with E-state index in [1.165, 1.54) is 38.5 Å². The highest BCUT2D eigenvalue weighted by Gasteiger charge is 2.46. The molecule has 74 valence electrons. The lowest BCUT2D eigenvalue weighted by Crippen LogP contribution is -2.35. The van der Waals surface area contributed by atoms with Crippen molar-refractivity contribution in [3.63, 3.8) is 0 Å². The lowest BCUT2D eigenvalue weighted by Gasteiger charge is -2.39. The fourth-order valence-corrected chi connectivity index (χ4v) is 5.65. The van der Waals surface area contributed by atoms with Crippen molar-refractivity contribution in [3.05, 3.63) is 0 Å². The summed E-state index contributed by atoms with van der Waals surface area (Å²) in [5, 5.41) is 0. The molecule has 0 spiro atoms. The molecule has 0 radical (unpaired) electrons. The highest BCUT2D eigenvalue weighted by molar-refractivity contribution is 9.09. The highest BCUT2D eigenvalue weighted by atomic mass is 79.9. The molecule has 4 unspecified atom stereocenters. The number of rotatable bonds is 0. The number of hydrogen-bond acceptors (Lipinski definition) is 0. The molecule has 0 aromatic rings. The Bertz CT molecular complexity index is 181. The van der Waals surface area contributed by atoms with Crippen molar-refractivity contribution < 1.29 is 0 Å². The maximum Gasteiger partial charge on any atom is 0.0207 e. The molecule has 0 heterocycles. The molecule has 0 N–H and O–H groups in total. The van der Waals surface area contributed by atoms with Gasteiger partial charge in [0.05, 0.1) is 0 Å². The van der Waals surface area contributed by atoms with Crippen molar-refractivity contribution in [1.82, 2.24) is 0 Å². The minimum atomic E-state index is 0.890. The molecule has 3 fully saturated rings. The monoisotopic (exact) mass is 242 g/mol. The lowest BCUT2D eigenvalue weighted by atomic mass is 9.71. The predicted molar refractivity (Wildman–Crippen MR) is 59.0 cm³/mol. The van der Waals surface area contributed by atoms with Gasteiger partial charge in [0, 0.05) is 4.83 Å². The van der Waals surface area contributed by atoms with Crippen LogP contribution in [0.25, 0.3) is 0 Å². The summed E-state index contributed by atoms with van der Waals surface area (Å²) in [5.74, 6) is 4.31. The van der Waals surface area contributed by atoms with Crippen LogP contribution in [0.5, 0.6) is 0 Å². The molecular weight excluding hydrogens is 224 g/mol. The first-order valence-electron chi connectivity index (χ1n) is 6.00. The third-order valence-corrected chi connectivity index (χ3v) is 6.22. The van der Waals surface area contributed by atoms with Crippen molar-refractivity contribution in [2.45, 2.75) is 49.8 Å². The van der Waals surface area contributed by atoms with Gasteiger partial charge in [-0.25, -0.2) is 0 Å². The maximum atomic E-state index is 4.00. The first-order chi connectivity index (χ1) is 6.36. The average molecular weight is 243 g/mol. The first kappa shape index (κ1) is 8.76. The van der Waals surface area contributed by atoms with Gasteiger partial charge in [-0.3, -0.25) is 0 Å². The summed E-state index contributed by atoms with van der Waals surface area (Å²) in [6, 6.07) is 0. The normalized spacial score (nSPS) is 54.7. The van der Waals surface area contributed by atoms with E-state index in [4.69, 9.17) is 0 Å². The third kappa shape index (κ3) is 1.30. The molecule has 0 aromatic heterocycles. The van der Waals surface area contributed by atoms with Crippen LogP contribution in [0.3, 0.4) is 0 Å². The first-order valence-corrected chi connectivity index (χ1v) is 6.92. The Kier molecular flexibility index (Phi) is 2.19. The lowest BCUT2D eigenvalue weighted by molar-refractivity contribution is 0.169. The SMILES string of the molecule is BrC1C2CCCC2CC2CCCC21. The average Bonchev–Trinajstić information content (AvgIpc) is 2.71. The molecular formula is C12H19Br. The quantitative estimate of drug-likeness (QED) is 0.564. The molecule has 4 atom stereocenters. The Labute approximate surface area is 89.6 Å². The summed E-state index contributed by atoms with van der Waals surface area (Å²) < 4.78 is 0. The summed E-state index contributed by atoms with van der Waals surface area (Å²) in [4.78, 5) is 0.890. The number of halogens is 1. The van der Waals surface area contributed by atoms with Gasteiger partial charge in [-0.15, -0.1) is 0 Å². The van der Waals surface area contributed by atoms with Gasteiger partial charge in [-0.2, -0.15) is 0 Å². The molecule has 3 rings (SSSR count). The summed E-state index contributed by atoms with van der Waals surface area (Å²) in [5.41, 5.74) is 0. The second-order valence-electron chi connectivity index (χ2n) is 5.39. The van der Waals surface area contributed by atoms with Crippen LogP contribution in [-0.2, 0) is 0 Å². The topological polar surface area (TPSA) is 0 Å². The minimum absolute atomic E-state index is 0.890. The number of alkyl halides is 1. The van der Waals surface area contributed by atoms with Crippen LogP contribution in [0.4, 0.5) is 0 Å². The smallest absolute Gasteiger partial charge is 0.0207 e. The fourth-order valence-electron chi connectivity index (χ4n) is 4.26. The second kappa shape index (κ2) is 3.25. The Morgan fingerprint density at radius 2 is 1.31 bits per heavy atom. The molecule has 3 aliphatic rings. The van der Waals surface area contributed by atoms with Gasteiger partial charge < -0.3 is 0 Å². The number of hydrogen-bond donors (Lipinski definition) is 0. The van der Waals surface area contributed by atoms with Crippen molar-refractivity contribution in [2.24, 2.45) is 23.7 Å². The molecule has 13 heavy (non-hydrogen) atoms. The van der Waals surface area contributed by atoms with E-state index in [0.717, 1.165) is 28.5 Å². The maximum absolute atomic E-state index is 4.00. The van der Waals surface area contributed by atoms with E-state index in [1.54, 1.807) is 6.42 Å². The van der Waals surface area contributed by atoms with Gasteiger partial charge in [0.15, 0.2) is 0 Å². The van der Waals surface area contributed by atoms with Gasteiger partial charge in [-0.05, 0) is 42.9 Å². The van der Waals surface area contributed by atoms with Crippen LogP contribution in [0.2, 0.25) is 0 Å². The zero-order valence-electron chi connectivity index (χ0n) is 8.21. The zero-order chi connectivity index (χ0) is 8.84. The molecule has 0 nitrogen and oxygen atoms in total. The van der Waals surface area contributed by atoms with Crippen LogP contribution in [0.15, 0.2) is 0 Å². The summed E-state index contributed by atoms with van der Waals surface area (Å²) in [6.45, 7) is 0. The Hall–Kier alpha value is 0.480. The second-order valence-corrected chi connectivity index (χ2v) is 6.45. The summed E-state index contributed by atoms with van der Waals surface area (Å²) in [7, 11) is 0. The molecule has 3 saturated carbocycles. The molecule has 1 heteroatoms. The largest absolute Gasteiger partial charge is 0.0884 e. The molecule has 0 amide bonds. The molecule has 0 aromatic carbocycles. The Morgan fingerprint density at radius 3 is 1.85 bits per heavy atom. The molecule has 0 aliphatic heterocycles. The van der Waals surface area contributed by atoms with E-state index >= 15 is 0 Å². The van der Waals surface area contributed by atoms with Crippen molar-refractivity contribution in [3.8, 4) is 0 Å². The predicted octanol–water partition coefficient (Wildman–Crippen LogP) is 3.99. The molecule has 3 aliphatic carbocycles. The van der Waals surface area contributed by atoms with Crippen LogP contribution in [-0.4, -0.2) is 4.83 Å². The van der Waals surface area contributed by atoms with Crippen LogP contribution in [0.1, 0.15) is 44.9 Å². The Morgan fingerprint density at radius 1 is 0.769 bits per heavy atom. The van der Waals surface area contributed by atoms with E-state index < -0.39 is 0 Å². The summed E-state index contributed by atoms with van der Waals surface area (Å²) in [6.07, 6.45) is 10.7. The van der Waals surface area contributed by atoms with Crippen LogP contribution in [0, 0.1) is 23.7 Å². The van der Waals surface area contributed by atoms with E-state index in [1.807, 2.05) is 0 Å². The standard InChI is InChI=1S/C12H19Br/c13-12-10-5-1-3-8(10)7-9-4-2-6-11(9)12/h8-12H,1-7H2.